The van der Waals surface area contributed by atoms with E-state index in [-0.39, 0.29) is 5.97 Å². The van der Waals surface area contributed by atoms with Crippen molar-refractivity contribution in [3.05, 3.63) is 29.8 Å². The zero-order valence-corrected chi connectivity index (χ0v) is 12.4. The van der Waals surface area contributed by atoms with Gasteiger partial charge in [-0.2, -0.15) is 11.8 Å². The number of ether oxygens (including phenoxy) is 1. The highest BCUT2D eigenvalue weighted by atomic mass is 32.2. The molecular formula is C14H18O2S2. The first kappa shape index (κ1) is 13.8. The maximum Gasteiger partial charge on any atom is 0.306 e. The minimum atomic E-state index is -0.114. The van der Waals surface area contributed by atoms with Crippen LogP contribution in [0.2, 0.25) is 0 Å². The highest BCUT2D eigenvalue weighted by molar-refractivity contribution is 8.03. The van der Waals surface area contributed by atoms with Gasteiger partial charge in [-0.3, -0.25) is 4.79 Å². The zero-order valence-electron chi connectivity index (χ0n) is 10.7. The Morgan fingerprint density at radius 3 is 3.06 bits per heavy atom. The molecule has 2 rings (SSSR count). The molecule has 0 saturated carbocycles. The minimum absolute atomic E-state index is 0.114. The molecule has 0 aromatic heterocycles. The summed E-state index contributed by atoms with van der Waals surface area (Å²) in [7, 11) is 1.45. The van der Waals surface area contributed by atoms with Crippen LogP contribution in [-0.4, -0.2) is 29.3 Å². The molecule has 1 aliphatic rings. The van der Waals surface area contributed by atoms with Crippen LogP contribution in [0.5, 0.6) is 0 Å². The van der Waals surface area contributed by atoms with E-state index in [4.69, 9.17) is 0 Å². The van der Waals surface area contributed by atoms with E-state index in [1.165, 1.54) is 17.6 Å². The lowest BCUT2D eigenvalue weighted by Gasteiger charge is -2.13. The second-order valence-electron chi connectivity index (χ2n) is 4.48. The molecule has 4 heteroatoms. The minimum Gasteiger partial charge on any atom is -0.469 e. The number of methoxy groups -OCH3 is 1. The quantitative estimate of drug-likeness (QED) is 0.773. The smallest absolute Gasteiger partial charge is 0.306 e. The third kappa shape index (κ3) is 3.69. The third-order valence-electron chi connectivity index (χ3n) is 2.96. The Kier molecular flexibility index (Phi) is 5.01. The summed E-state index contributed by atoms with van der Waals surface area (Å²) in [6.07, 6.45) is 1.66. The summed E-state index contributed by atoms with van der Waals surface area (Å²) in [6, 6.07) is 8.61. The van der Waals surface area contributed by atoms with E-state index in [0.29, 0.717) is 16.9 Å². The number of rotatable bonds is 5. The predicted octanol–water partition coefficient (Wildman–Crippen LogP) is 3.39. The van der Waals surface area contributed by atoms with E-state index in [1.807, 2.05) is 23.5 Å². The van der Waals surface area contributed by atoms with Crippen LogP contribution in [-0.2, 0) is 16.0 Å². The molecule has 2 nitrogen and oxygen atoms in total. The van der Waals surface area contributed by atoms with Crippen molar-refractivity contribution in [1.82, 2.24) is 0 Å². The van der Waals surface area contributed by atoms with Gasteiger partial charge in [-0.25, -0.2) is 0 Å². The number of hydrogen-bond donors (Lipinski definition) is 0. The maximum absolute atomic E-state index is 11.2. The number of carbonyl (C=O) groups is 1. The molecule has 0 spiro atoms. The van der Waals surface area contributed by atoms with Gasteiger partial charge in [0.25, 0.3) is 0 Å². The number of carbonyl (C=O) groups excluding carboxylic acids is 1. The van der Waals surface area contributed by atoms with Gasteiger partial charge in [-0.1, -0.05) is 25.1 Å². The van der Waals surface area contributed by atoms with Gasteiger partial charge in [0.15, 0.2) is 0 Å². The largest absolute Gasteiger partial charge is 0.469 e. The molecule has 1 aromatic rings. The van der Waals surface area contributed by atoms with Crippen LogP contribution in [0.25, 0.3) is 0 Å². The number of hydrogen-bond acceptors (Lipinski definition) is 4. The van der Waals surface area contributed by atoms with Gasteiger partial charge in [0.1, 0.15) is 0 Å². The number of esters is 1. The van der Waals surface area contributed by atoms with Crippen molar-refractivity contribution < 1.29 is 9.53 Å². The standard InChI is InChI=1S/C14H18O2S2/c1-10(7-14(15)16-2)17-9-12-8-11-5-3-4-6-13(11)18-12/h3-6,10,12H,7-9H2,1-2H3. The van der Waals surface area contributed by atoms with E-state index in [9.17, 15) is 4.79 Å². The van der Waals surface area contributed by atoms with E-state index in [2.05, 4.69) is 35.9 Å². The van der Waals surface area contributed by atoms with Crippen LogP contribution < -0.4 is 0 Å². The second kappa shape index (κ2) is 6.53. The maximum atomic E-state index is 11.2. The molecule has 0 fully saturated rings. The first-order valence-electron chi connectivity index (χ1n) is 6.12. The van der Waals surface area contributed by atoms with Crippen LogP contribution in [0.4, 0.5) is 0 Å². The fourth-order valence-corrected chi connectivity index (χ4v) is 4.50. The zero-order chi connectivity index (χ0) is 13.0. The summed E-state index contributed by atoms with van der Waals surface area (Å²) in [5.41, 5.74) is 1.47. The van der Waals surface area contributed by atoms with Crippen molar-refractivity contribution in [2.45, 2.75) is 35.2 Å². The van der Waals surface area contributed by atoms with E-state index >= 15 is 0 Å². The average Bonchev–Trinajstić information content (AvgIpc) is 2.79. The highest BCUT2D eigenvalue weighted by Gasteiger charge is 2.22. The Balaban J connectivity index is 1.75. The van der Waals surface area contributed by atoms with Gasteiger partial charge < -0.3 is 4.74 Å². The van der Waals surface area contributed by atoms with Crippen molar-refractivity contribution in [3.8, 4) is 0 Å². The van der Waals surface area contributed by atoms with Crippen LogP contribution in [0.1, 0.15) is 18.9 Å². The van der Waals surface area contributed by atoms with Crippen molar-refractivity contribution in [2.24, 2.45) is 0 Å². The fourth-order valence-electron chi connectivity index (χ4n) is 2.00. The molecule has 0 saturated heterocycles. The number of thioether (sulfide) groups is 2. The molecule has 2 unspecified atom stereocenters. The first-order chi connectivity index (χ1) is 8.69. The molecule has 98 valence electrons. The van der Waals surface area contributed by atoms with Crippen LogP contribution >= 0.6 is 23.5 Å². The Morgan fingerprint density at radius 1 is 1.56 bits per heavy atom. The molecular weight excluding hydrogens is 264 g/mol. The molecule has 18 heavy (non-hydrogen) atoms. The summed E-state index contributed by atoms with van der Waals surface area (Å²) in [6.45, 7) is 2.09. The fraction of sp³-hybridized carbons (Fsp3) is 0.500. The summed E-state index contributed by atoms with van der Waals surface area (Å²) in [5.74, 6) is 0.981. The molecule has 0 N–H and O–H groups in total. The van der Waals surface area contributed by atoms with Crippen molar-refractivity contribution in [3.63, 3.8) is 0 Å². The Morgan fingerprint density at radius 2 is 2.33 bits per heavy atom. The summed E-state index contributed by atoms with van der Waals surface area (Å²) >= 11 is 3.83. The Hall–Kier alpha value is -0.610. The van der Waals surface area contributed by atoms with E-state index < -0.39 is 0 Å². The van der Waals surface area contributed by atoms with Crippen molar-refractivity contribution in [2.75, 3.05) is 12.9 Å². The summed E-state index contributed by atoms with van der Waals surface area (Å²) in [5, 5.41) is 0.981. The van der Waals surface area contributed by atoms with Gasteiger partial charge in [0.2, 0.25) is 0 Å². The number of fused-ring (bicyclic) bond motifs is 1. The third-order valence-corrected chi connectivity index (χ3v) is 5.82. The molecule has 0 amide bonds. The van der Waals surface area contributed by atoms with Gasteiger partial charge in [-0.15, -0.1) is 11.8 Å². The lowest BCUT2D eigenvalue weighted by Crippen LogP contribution is -2.12. The molecule has 2 atom stereocenters. The van der Waals surface area contributed by atoms with E-state index in [1.54, 1.807) is 0 Å². The topological polar surface area (TPSA) is 26.3 Å². The lowest BCUT2D eigenvalue weighted by atomic mass is 10.1. The van der Waals surface area contributed by atoms with Gasteiger partial charge in [-0.05, 0) is 18.1 Å². The SMILES string of the molecule is COC(=O)CC(C)SCC1Cc2ccccc2S1. The van der Waals surface area contributed by atoms with Crippen molar-refractivity contribution in [1.29, 1.82) is 0 Å². The molecule has 0 bridgehead atoms. The number of benzene rings is 1. The molecule has 1 aromatic carbocycles. The lowest BCUT2D eigenvalue weighted by molar-refractivity contribution is -0.140. The van der Waals surface area contributed by atoms with Crippen LogP contribution in [0, 0.1) is 0 Å². The van der Waals surface area contributed by atoms with Crippen molar-refractivity contribution >= 4 is 29.5 Å². The second-order valence-corrected chi connectivity index (χ2v) is 7.29. The summed E-state index contributed by atoms with van der Waals surface area (Å²) < 4.78 is 4.69. The molecule has 0 radical (unpaired) electrons. The summed E-state index contributed by atoms with van der Waals surface area (Å²) in [4.78, 5) is 12.6. The monoisotopic (exact) mass is 282 g/mol. The van der Waals surface area contributed by atoms with Gasteiger partial charge in [0.05, 0.1) is 13.5 Å². The first-order valence-corrected chi connectivity index (χ1v) is 8.05. The Labute approximate surface area is 117 Å². The van der Waals surface area contributed by atoms with Crippen LogP contribution in [0.3, 0.4) is 0 Å². The highest BCUT2D eigenvalue weighted by Crippen LogP contribution is 2.38. The van der Waals surface area contributed by atoms with Crippen LogP contribution in [0.15, 0.2) is 29.2 Å². The Bertz CT molecular complexity index is 395. The molecule has 1 heterocycles. The average molecular weight is 282 g/mol. The van der Waals surface area contributed by atoms with Gasteiger partial charge >= 0.3 is 5.97 Å². The van der Waals surface area contributed by atoms with E-state index in [0.717, 1.165) is 12.2 Å². The predicted molar refractivity (Wildman–Crippen MR) is 78.3 cm³/mol. The normalized spacial score (nSPS) is 19.3. The molecule has 0 aliphatic carbocycles. The molecule has 1 aliphatic heterocycles. The van der Waals surface area contributed by atoms with Gasteiger partial charge in [0, 0.05) is 21.1 Å².